The van der Waals surface area contributed by atoms with Crippen molar-refractivity contribution in [1.82, 2.24) is 5.32 Å². The average Bonchev–Trinajstić information content (AvgIpc) is 1.84. The third-order valence-electron chi connectivity index (χ3n) is 1.56. The molecule has 56 valence electrons. The summed E-state index contributed by atoms with van der Waals surface area (Å²) in [6.07, 6.45) is 1.35. The summed E-state index contributed by atoms with van der Waals surface area (Å²) >= 11 is 3.24. The van der Waals surface area contributed by atoms with Crippen LogP contribution in [0, 0.1) is 0 Å². The normalized spacial score (nSPS) is 26.0. The van der Waals surface area contributed by atoms with E-state index in [0.29, 0.717) is 0 Å². The summed E-state index contributed by atoms with van der Waals surface area (Å²) in [4.78, 5) is 0. The largest absolute Gasteiger partial charge is 0.369 e. The van der Waals surface area contributed by atoms with Crippen LogP contribution in [0.2, 0.25) is 0 Å². The lowest BCUT2D eigenvalue weighted by Gasteiger charge is -2.20. The summed E-state index contributed by atoms with van der Waals surface area (Å²) in [6, 6.07) is 0. The van der Waals surface area contributed by atoms with E-state index in [9.17, 15) is 5.11 Å². The monoisotopic (exact) mass is 203 g/mol. The summed E-state index contributed by atoms with van der Waals surface area (Å²) in [6.45, 7) is 3.93. The van der Waals surface area contributed by atoms with Gasteiger partial charge in [-0.05, 0) is 25.5 Å². The van der Waals surface area contributed by atoms with Crippen LogP contribution in [0.4, 0.5) is 0 Å². The van der Waals surface area contributed by atoms with Gasteiger partial charge in [-0.15, -0.1) is 0 Å². The van der Waals surface area contributed by atoms with E-state index in [1.807, 2.05) is 19.9 Å². The zero-order valence-electron chi connectivity index (χ0n) is 5.98. The molecule has 0 aromatic heterocycles. The van der Waals surface area contributed by atoms with Crippen LogP contribution in [0.5, 0.6) is 0 Å². The third kappa shape index (κ3) is 1.41. The summed E-state index contributed by atoms with van der Waals surface area (Å²) < 4.78 is 0.788. The highest BCUT2D eigenvalue weighted by Gasteiger charge is 2.12. The smallest absolute Gasteiger partial charge is 0.157 e. The van der Waals surface area contributed by atoms with Gasteiger partial charge < -0.3 is 10.4 Å². The van der Waals surface area contributed by atoms with Gasteiger partial charge in [0.05, 0.1) is 0 Å². The van der Waals surface area contributed by atoms with Gasteiger partial charge in [0.25, 0.3) is 0 Å². The number of aliphatic hydroxyl groups excluding tert-OH is 1. The van der Waals surface area contributed by atoms with Crippen LogP contribution in [0.25, 0.3) is 0 Å². The third-order valence-corrected chi connectivity index (χ3v) is 2.22. The van der Waals surface area contributed by atoms with E-state index in [1.54, 1.807) is 0 Å². The van der Waals surface area contributed by atoms with E-state index >= 15 is 0 Å². The maximum absolute atomic E-state index is 9.21. The lowest BCUT2D eigenvalue weighted by molar-refractivity contribution is 0.192. The molecule has 1 rings (SSSR count). The topological polar surface area (TPSA) is 32.3 Å². The molecule has 3 heteroatoms. The Morgan fingerprint density at radius 2 is 2.20 bits per heavy atom. The number of dihydropyridines is 1. The van der Waals surface area contributed by atoms with Gasteiger partial charge in [-0.1, -0.05) is 15.9 Å². The maximum Gasteiger partial charge on any atom is 0.157 e. The van der Waals surface area contributed by atoms with Crippen LogP contribution in [-0.2, 0) is 0 Å². The van der Waals surface area contributed by atoms with Crippen molar-refractivity contribution in [2.45, 2.75) is 20.1 Å². The Morgan fingerprint density at radius 3 is 2.70 bits per heavy atom. The van der Waals surface area contributed by atoms with Crippen LogP contribution in [-0.4, -0.2) is 11.3 Å². The van der Waals surface area contributed by atoms with E-state index in [0.717, 1.165) is 15.8 Å². The Kier molecular flexibility index (Phi) is 2.16. The fourth-order valence-electron chi connectivity index (χ4n) is 0.782. The fourth-order valence-corrected chi connectivity index (χ4v) is 1.24. The SMILES string of the molecule is CC1=C(C)NC(O)C(Br)=C1. The molecule has 10 heavy (non-hydrogen) atoms. The lowest BCUT2D eigenvalue weighted by atomic mass is 10.1. The van der Waals surface area contributed by atoms with Crippen molar-refractivity contribution in [3.63, 3.8) is 0 Å². The van der Waals surface area contributed by atoms with Crippen molar-refractivity contribution in [2.24, 2.45) is 0 Å². The minimum Gasteiger partial charge on any atom is -0.369 e. The highest BCUT2D eigenvalue weighted by atomic mass is 79.9. The summed E-state index contributed by atoms with van der Waals surface area (Å²) in [5.41, 5.74) is 2.17. The van der Waals surface area contributed by atoms with Gasteiger partial charge in [-0.2, -0.15) is 0 Å². The predicted molar refractivity (Wildman–Crippen MR) is 44.5 cm³/mol. The first kappa shape index (κ1) is 7.82. The standard InChI is InChI=1S/C7H10BrNO/c1-4-3-6(8)7(10)9-5(4)2/h3,7,9-10H,1-2H3. The summed E-state index contributed by atoms with van der Waals surface area (Å²) in [5, 5.41) is 12.1. The van der Waals surface area contributed by atoms with Crippen LogP contribution in [0.15, 0.2) is 21.8 Å². The van der Waals surface area contributed by atoms with Crippen molar-refractivity contribution < 1.29 is 5.11 Å². The van der Waals surface area contributed by atoms with E-state index in [4.69, 9.17) is 0 Å². The van der Waals surface area contributed by atoms with Crippen LogP contribution in [0.3, 0.4) is 0 Å². The van der Waals surface area contributed by atoms with E-state index in [1.165, 1.54) is 0 Å². The number of nitrogens with one attached hydrogen (secondary N) is 1. The van der Waals surface area contributed by atoms with Gasteiger partial charge in [0.1, 0.15) is 0 Å². The van der Waals surface area contributed by atoms with Crippen LogP contribution in [0.1, 0.15) is 13.8 Å². The molecule has 1 atom stereocenters. The molecule has 0 radical (unpaired) electrons. The van der Waals surface area contributed by atoms with Crippen molar-refractivity contribution in [1.29, 1.82) is 0 Å². The van der Waals surface area contributed by atoms with Gasteiger partial charge in [0, 0.05) is 10.2 Å². The first-order chi connectivity index (χ1) is 4.61. The van der Waals surface area contributed by atoms with Crippen LogP contribution < -0.4 is 5.32 Å². The van der Waals surface area contributed by atoms with E-state index in [2.05, 4.69) is 21.2 Å². The molecule has 1 heterocycles. The highest BCUT2D eigenvalue weighted by Crippen LogP contribution is 2.19. The summed E-state index contributed by atoms with van der Waals surface area (Å²) in [7, 11) is 0. The molecule has 2 N–H and O–H groups in total. The molecule has 0 amide bonds. The lowest BCUT2D eigenvalue weighted by Crippen LogP contribution is -2.30. The molecule has 0 saturated heterocycles. The average molecular weight is 204 g/mol. The molecule has 1 aliphatic rings. The molecule has 0 saturated carbocycles. The van der Waals surface area contributed by atoms with Crippen molar-refractivity contribution in [3.05, 3.63) is 21.8 Å². The first-order valence-corrected chi connectivity index (χ1v) is 3.89. The Labute approximate surface area is 68.8 Å². The van der Waals surface area contributed by atoms with Gasteiger partial charge in [-0.25, -0.2) is 0 Å². The Hall–Kier alpha value is -0.280. The molecule has 2 nitrogen and oxygen atoms in total. The quantitative estimate of drug-likeness (QED) is 0.626. The van der Waals surface area contributed by atoms with Crippen molar-refractivity contribution in [3.8, 4) is 0 Å². The first-order valence-electron chi connectivity index (χ1n) is 3.10. The van der Waals surface area contributed by atoms with Crippen molar-refractivity contribution >= 4 is 15.9 Å². The van der Waals surface area contributed by atoms with Gasteiger partial charge >= 0.3 is 0 Å². The molecule has 0 aromatic rings. The van der Waals surface area contributed by atoms with Gasteiger partial charge in [0.2, 0.25) is 0 Å². The second kappa shape index (κ2) is 2.76. The predicted octanol–water partition coefficient (Wildman–Crippen LogP) is 1.48. The number of halogens is 1. The molecule has 0 bridgehead atoms. The minimum atomic E-state index is -0.566. The fraction of sp³-hybridized carbons (Fsp3) is 0.429. The molecular formula is C7H10BrNO. The van der Waals surface area contributed by atoms with Crippen molar-refractivity contribution in [2.75, 3.05) is 0 Å². The zero-order chi connectivity index (χ0) is 7.72. The number of rotatable bonds is 0. The summed E-state index contributed by atoms with van der Waals surface area (Å²) in [5.74, 6) is 0. The van der Waals surface area contributed by atoms with E-state index in [-0.39, 0.29) is 0 Å². The number of hydrogen-bond donors (Lipinski definition) is 2. The molecule has 0 spiro atoms. The Bertz CT molecular complexity index is 208. The molecular weight excluding hydrogens is 194 g/mol. The van der Waals surface area contributed by atoms with E-state index < -0.39 is 6.23 Å². The maximum atomic E-state index is 9.21. The Morgan fingerprint density at radius 1 is 1.60 bits per heavy atom. The Balaban J connectivity index is 2.88. The molecule has 0 fully saturated rings. The number of allylic oxidation sites excluding steroid dienone is 3. The highest BCUT2D eigenvalue weighted by molar-refractivity contribution is 9.11. The number of hydrogen-bond acceptors (Lipinski definition) is 2. The zero-order valence-corrected chi connectivity index (χ0v) is 7.57. The minimum absolute atomic E-state index is 0.566. The van der Waals surface area contributed by atoms with Gasteiger partial charge in [-0.3, -0.25) is 0 Å². The second-order valence-corrected chi connectivity index (χ2v) is 3.30. The molecule has 0 aliphatic carbocycles. The molecule has 0 aromatic carbocycles. The molecule has 1 aliphatic heterocycles. The second-order valence-electron chi connectivity index (χ2n) is 2.38. The molecule has 1 unspecified atom stereocenters. The van der Waals surface area contributed by atoms with Crippen LogP contribution >= 0.6 is 15.9 Å². The van der Waals surface area contributed by atoms with Gasteiger partial charge in [0.15, 0.2) is 6.23 Å². The number of aliphatic hydroxyl groups is 1.